The molecule has 2 heterocycles. The second kappa shape index (κ2) is 6.48. The molecule has 1 amide bonds. The minimum atomic E-state index is -0.434. The Balaban J connectivity index is 1.66. The van der Waals surface area contributed by atoms with Gasteiger partial charge < -0.3 is 20.3 Å². The van der Waals surface area contributed by atoms with Crippen molar-refractivity contribution >= 4 is 17.5 Å². The minimum absolute atomic E-state index is 0.0129. The number of amides is 1. The van der Waals surface area contributed by atoms with Crippen molar-refractivity contribution in [3.8, 4) is 11.3 Å². The SMILES string of the molecule is O=C(NCC1CNCC1O)c1cc(-c2ccccc2Cl)on1. The molecule has 3 N–H and O–H groups in total. The summed E-state index contributed by atoms with van der Waals surface area (Å²) < 4.78 is 5.19. The van der Waals surface area contributed by atoms with Crippen LogP contribution in [0, 0.1) is 5.92 Å². The van der Waals surface area contributed by atoms with E-state index in [1.165, 1.54) is 0 Å². The first-order valence-electron chi connectivity index (χ1n) is 7.04. The van der Waals surface area contributed by atoms with Crippen LogP contribution >= 0.6 is 11.6 Å². The first kappa shape index (κ1) is 15.0. The molecule has 2 aromatic rings. The molecule has 0 spiro atoms. The zero-order chi connectivity index (χ0) is 15.5. The van der Waals surface area contributed by atoms with E-state index in [-0.39, 0.29) is 17.5 Å². The van der Waals surface area contributed by atoms with Crippen LogP contribution in [0.1, 0.15) is 10.5 Å². The number of nitrogens with zero attached hydrogens (tertiary/aromatic N) is 1. The Kier molecular flexibility index (Phi) is 4.42. The Morgan fingerprint density at radius 3 is 3.00 bits per heavy atom. The highest BCUT2D eigenvalue weighted by Gasteiger charge is 2.25. The van der Waals surface area contributed by atoms with Crippen LogP contribution in [0.2, 0.25) is 5.02 Å². The summed E-state index contributed by atoms with van der Waals surface area (Å²) in [5.74, 6) is 0.123. The lowest BCUT2D eigenvalue weighted by Gasteiger charge is -2.13. The number of carbonyl (C=O) groups excluding carboxylic acids is 1. The van der Waals surface area contributed by atoms with Crippen molar-refractivity contribution in [2.75, 3.05) is 19.6 Å². The van der Waals surface area contributed by atoms with Crippen LogP contribution in [-0.2, 0) is 0 Å². The number of hydrogen-bond donors (Lipinski definition) is 3. The predicted octanol–water partition coefficient (Wildman–Crippen LogP) is 1.31. The summed E-state index contributed by atoms with van der Waals surface area (Å²) in [5.41, 5.74) is 0.876. The number of hydrogen-bond acceptors (Lipinski definition) is 5. The molecule has 1 aromatic carbocycles. The van der Waals surface area contributed by atoms with Gasteiger partial charge in [-0.25, -0.2) is 0 Å². The lowest BCUT2D eigenvalue weighted by atomic mass is 10.1. The minimum Gasteiger partial charge on any atom is -0.391 e. The molecular formula is C15H16ClN3O3. The number of benzene rings is 1. The van der Waals surface area contributed by atoms with Gasteiger partial charge in [0.15, 0.2) is 11.5 Å². The quantitative estimate of drug-likeness (QED) is 0.790. The van der Waals surface area contributed by atoms with Crippen LogP contribution in [0.5, 0.6) is 0 Å². The molecule has 0 bridgehead atoms. The largest absolute Gasteiger partial charge is 0.391 e. The van der Waals surface area contributed by atoms with Crippen molar-refractivity contribution in [3.63, 3.8) is 0 Å². The molecule has 1 aliphatic heterocycles. The van der Waals surface area contributed by atoms with Gasteiger partial charge in [-0.3, -0.25) is 4.79 Å². The summed E-state index contributed by atoms with van der Waals surface area (Å²) >= 11 is 6.09. The molecule has 2 atom stereocenters. The standard InChI is InChI=1S/C15H16ClN3O3/c16-11-4-2-1-3-10(11)14-5-12(19-22-14)15(21)18-7-9-6-17-8-13(9)20/h1-5,9,13,17,20H,6-8H2,(H,18,21). The summed E-state index contributed by atoms with van der Waals surface area (Å²) in [4.78, 5) is 12.1. The van der Waals surface area contributed by atoms with E-state index in [9.17, 15) is 9.90 Å². The molecule has 1 saturated heterocycles. The second-order valence-corrected chi connectivity index (χ2v) is 5.66. The zero-order valence-electron chi connectivity index (χ0n) is 11.8. The lowest BCUT2D eigenvalue weighted by Crippen LogP contribution is -2.34. The van der Waals surface area contributed by atoms with Crippen LogP contribution in [0.25, 0.3) is 11.3 Å². The van der Waals surface area contributed by atoms with Gasteiger partial charge in [0, 0.05) is 37.2 Å². The number of nitrogens with one attached hydrogen (secondary N) is 2. The first-order chi connectivity index (χ1) is 10.6. The van der Waals surface area contributed by atoms with Crippen molar-refractivity contribution in [1.82, 2.24) is 15.8 Å². The highest BCUT2D eigenvalue weighted by molar-refractivity contribution is 6.33. The van der Waals surface area contributed by atoms with Crippen LogP contribution in [0.3, 0.4) is 0 Å². The number of carbonyl (C=O) groups is 1. The smallest absolute Gasteiger partial charge is 0.273 e. The van der Waals surface area contributed by atoms with E-state index in [1.54, 1.807) is 18.2 Å². The molecule has 116 valence electrons. The van der Waals surface area contributed by atoms with Crippen LogP contribution < -0.4 is 10.6 Å². The van der Waals surface area contributed by atoms with Gasteiger partial charge in [0.25, 0.3) is 5.91 Å². The molecule has 7 heteroatoms. The van der Waals surface area contributed by atoms with Gasteiger partial charge in [-0.1, -0.05) is 28.9 Å². The zero-order valence-corrected chi connectivity index (χ0v) is 12.5. The van der Waals surface area contributed by atoms with E-state index in [1.807, 2.05) is 12.1 Å². The molecule has 3 rings (SSSR count). The number of aliphatic hydroxyl groups is 1. The fraction of sp³-hybridized carbons (Fsp3) is 0.333. The Hall–Kier alpha value is -1.89. The number of β-amino-alcohol motifs (C(OH)–C–C–N with tert-alkyl or cyclic N) is 1. The molecule has 1 aromatic heterocycles. The molecule has 0 aliphatic carbocycles. The monoisotopic (exact) mass is 321 g/mol. The van der Waals surface area contributed by atoms with Crippen molar-refractivity contribution in [2.24, 2.45) is 5.92 Å². The number of aromatic nitrogens is 1. The number of halogens is 1. The predicted molar refractivity (Wildman–Crippen MR) is 81.6 cm³/mol. The van der Waals surface area contributed by atoms with Gasteiger partial charge in [-0.05, 0) is 12.1 Å². The van der Waals surface area contributed by atoms with Gasteiger partial charge in [-0.15, -0.1) is 0 Å². The van der Waals surface area contributed by atoms with Gasteiger partial charge in [-0.2, -0.15) is 0 Å². The normalized spacial score (nSPS) is 21.0. The molecule has 1 fully saturated rings. The average molecular weight is 322 g/mol. The summed E-state index contributed by atoms with van der Waals surface area (Å²) in [5, 5.41) is 19.8. The van der Waals surface area contributed by atoms with Gasteiger partial charge in [0.2, 0.25) is 0 Å². The summed E-state index contributed by atoms with van der Waals surface area (Å²) in [7, 11) is 0. The molecule has 6 nitrogen and oxygen atoms in total. The van der Waals surface area contributed by atoms with Gasteiger partial charge in [0.05, 0.1) is 11.1 Å². The Morgan fingerprint density at radius 1 is 1.45 bits per heavy atom. The summed E-state index contributed by atoms with van der Waals surface area (Å²) in [6.45, 7) is 1.63. The maximum absolute atomic E-state index is 12.1. The van der Waals surface area contributed by atoms with E-state index < -0.39 is 6.10 Å². The molecular weight excluding hydrogens is 306 g/mol. The van der Waals surface area contributed by atoms with E-state index in [4.69, 9.17) is 16.1 Å². The fourth-order valence-corrected chi connectivity index (χ4v) is 2.64. The van der Waals surface area contributed by atoms with Crippen molar-refractivity contribution in [3.05, 3.63) is 41.0 Å². The third-order valence-electron chi connectivity index (χ3n) is 3.71. The Morgan fingerprint density at radius 2 is 2.27 bits per heavy atom. The molecule has 1 aliphatic rings. The molecule has 22 heavy (non-hydrogen) atoms. The Bertz CT molecular complexity index is 674. The van der Waals surface area contributed by atoms with Crippen molar-refractivity contribution in [1.29, 1.82) is 0 Å². The van der Waals surface area contributed by atoms with Gasteiger partial charge in [0.1, 0.15) is 0 Å². The molecule has 2 unspecified atom stereocenters. The van der Waals surface area contributed by atoms with E-state index in [2.05, 4.69) is 15.8 Å². The highest BCUT2D eigenvalue weighted by atomic mass is 35.5. The van der Waals surface area contributed by atoms with Crippen LogP contribution in [-0.4, -0.2) is 41.9 Å². The third kappa shape index (κ3) is 3.14. The maximum atomic E-state index is 12.1. The summed E-state index contributed by atoms with van der Waals surface area (Å²) in [6.07, 6.45) is -0.434. The fourth-order valence-electron chi connectivity index (χ4n) is 2.41. The molecule has 0 radical (unpaired) electrons. The van der Waals surface area contributed by atoms with E-state index >= 15 is 0 Å². The topological polar surface area (TPSA) is 87.4 Å². The van der Waals surface area contributed by atoms with Crippen LogP contribution in [0.4, 0.5) is 0 Å². The highest BCUT2D eigenvalue weighted by Crippen LogP contribution is 2.27. The number of aliphatic hydroxyl groups excluding tert-OH is 1. The third-order valence-corrected chi connectivity index (χ3v) is 4.04. The molecule has 0 saturated carbocycles. The van der Waals surface area contributed by atoms with Crippen LogP contribution in [0.15, 0.2) is 34.9 Å². The maximum Gasteiger partial charge on any atom is 0.273 e. The van der Waals surface area contributed by atoms with E-state index in [0.717, 1.165) is 0 Å². The summed E-state index contributed by atoms with van der Waals surface area (Å²) in [6, 6.07) is 8.74. The van der Waals surface area contributed by atoms with E-state index in [0.29, 0.717) is 36.0 Å². The first-order valence-corrected chi connectivity index (χ1v) is 7.41. The number of rotatable bonds is 4. The van der Waals surface area contributed by atoms with Crippen molar-refractivity contribution < 1.29 is 14.4 Å². The lowest BCUT2D eigenvalue weighted by molar-refractivity contribution is 0.0918. The average Bonchev–Trinajstić information content (AvgIpc) is 3.14. The van der Waals surface area contributed by atoms with Gasteiger partial charge >= 0.3 is 0 Å². The van der Waals surface area contributed by atoms with Crippen molar-refractivity contribution in [2.45, 2.75) is 6.10 Å². The Labute approximate surface area is 132 Å². The second-order valence-electron chi connectivity index (χ2n) is 5.25.